The summed E-state index contributed by atoms with van der Waals surface area (Å²) in [5.74, 6) is -0.433. The molecule has 0 heterocycles. The Bertz CT molecular complexity index is 1250. The molecule has 0 saturated carbocycles. The number of rotatable bonds is 15. The van der Waals surface area contributed by atoms with Crippen LogP contribution in [0.25, 0.3) is 0 Å². The number of halogens is 2. The SMILES string of the molecule is C=CCCCCC(=O)N(Cc1ccc(F)cc1)C1CC(C(=O)NCCO)=CC(Oc2c(I)cc(CO)cc2OC)C1O. The fourth-order valence-corrected chi connectivity index (χ4v) is 5.57. The van der Waals surface area contributed by atoms with Gasteiger partial charge in [0.05, 0.1) is 29.9 Å². The number of ether oxygens (including phenoxy) is 2. The van der Waals surface area contributed by atoms with Crippen molar-refractivity contribution in [2.75, 3.05) is 20.3 Å². The molecule has 1 aliphatic carbocycles. The van der Waals surface area contributed by atoms with E-state index in [1.54, 1.807) is 30.3 Å². The highest BCUT2D eigenvalue weighted by Crippen LogP contribution is 2.37. The highest BCUT2D eigenvalue weighted by Gasteiger charge is 2.41. The van der Waals surface area contributed by atoms with Crippen LogP contribution in [0.3, 0.4) is 0 Å². The molecule has 3 unspecified atom stereocenters. The minimum atomic E-state index is -1.24. The number of carbonyl (C=O) groups excluding carboxylic acids is 2. The van der Waals surface area contributed by atoms with Crippen molar-refractivity contribution < 1.29 is 38.8 Å². The van der Waals surface area contributed by atoms with Crippen molar-refractivity contribution in [3.63, 3.8) is 0 Å². The Morgan fingerprint density at radius 3 is 2.57 bits per heavy atom. The molecule has 3 atom stereocenters. The molecule has 0 radical (unpaired) electrons. The number of aliphatic hydroxyl groups is 3. The van der Waals surface area contributed by atoms with Gasteiger partial charge in [0, 0.05) is 31.5 Å². The van der Waals surface area contributed by atoms with E-state index in [-0.39, 0.29) is 50.6 Å². The van der Waals surface area contributed by atoms with Crippen LogP contribution in [0.2, 0.25) is 0 Å². The first kappa shape index (κ1) is 33.5. The van der Waals surface area contributed by atoms with Gasteiger partial charge in [-0.15, -0.1) is 6.58 Å². The van der Waals surface area contributed by atoms with Gasteiger partial charge in [-0.3, -0.25) is 9.59 Å². The molecule has 0 saturated heterocycles. The first-order valence-electron chi connectivity index (χ1n) is 13.8. The summed E-state index contributed by atoms with van der Waals surface area (Å²) < 4.78 is 26.0. The van der Waals surface area contributed by atoms with Crippen LogP contribution in [-0.2, 0) is 22.7 Å². The molecule has 9 nitrogen and oxygen atoms in total. The molecule has 42 heavy (non-hydrogen) atoms. The van der Waals surface area contributed by atoms with Crippen molar-refractivity contribution in [1.82, 2.24) is 10.2 Å². The molecular formula is C31H38FIN2O7. The molecule has 228 valence electrons. The zero-order valence-electron chi connectivity index (χ0n) is 23.6. The number of amides is 2. The summed E-state index contributed by atoms with van der Waals surface area (Å²) in [6.45, 7) is 3.39. The summed E-state index contributed by atoms with van der Waals surface area (Å²) in [6, 6.07) is 8.27. The van der Waals surface area contributed by atoms with Gasteiger partial charge in [-0.05, 0) is 83.3 Å². The third-order valence-electron chi connectivity index (χ3n) is 6.98. The number of carbonyl (C=O) groups is 2. The topological polar surface area (TPSA) is 129 Å². The number of nitrogens with one attached hydrogen (secondary N) is 1. The number of benzene rings is 2. The lowest BCUT2D eigenvalue weighted by Crippen LogP contribution is -2.54. The molecule has 1 aliphatic rings. The largest absolute Gasteiger partial charge is 0.493 e. The molecule has 2 aromatic rings. The molecule has 2 amide bonds. The molecule has 4 N–H and O–H groups in total. The highest BCUT2D eigenvalue weighted by atomic mass is 127. The summed E-state index contributed by atoms with van der Waals surface area (Å²) >= 11 is 2.04. The fourth-order valence-electron chi connectivity index (χ4n) is 4.78. The molecule has 0 fully saturated rings. The van der Waals surface area contributed by atoms with E-state index in [0.717, 1.165) is 12.8 Å². The third kappa shape index (κ3) is 9.00. The second-order valence-corrected chi connectivity index (χ2v) is 11.1. The number of nitrogens with zero attached hydrogens (tertiary/aromatic N) is 1. The summed E-state index contributed by atoms with van der Waals surface area (Å²) in [6.07, 6.45) is 3.42. The van der Waals surface area contributed by atoms with Gasteiger partial charge < -0.3 is 35.0 Å². The van der Waals surface area contributed by atoms with Crippen molar-refractivity contribution in [3.05, 3.63) is 81.2 Å². The van der Waals surface area contributed by atoms with Crippen molar-refractivity contribution in [2.24, 2.45) is 0 Å². The second kappa shape index (κ2) is 16.6. The number of allylic oxidation sites excluding steroid dienone is 1. The number of aliphatic hydroxyl groups excluding tert-OH is 3. The van der Waals surface area contributed by atoms with E-state index in [0.29, 0.717) is 32.6 Å². The number of methoxy groups -OCH3 is 1. The normalized spacial score (nSPS) is 18.1. The lowest BCUT2D eigenvalue weighted by Gasteiger charge is -2.41. The van der Waals surface area contributed by atoms with E-state index in [1.165, 1.54) is 30.2 Å². The molecule has 0 bridgehead atoms. The second-order valence-electron chi connectivity index (χ2n) is 9.97. The maximum Gasteiger partial charge on any atom is 0.247 e. The highest BCUT2D eigenvalue weighted by molar-refractivity contribution is 14.1. The van der Waals surface area contributed by atoms with Crippen LogP contribution in [-0.4, -0.2) is 70.5 Å². The van der Waals surface area contributed by atoms with Crippen LogP contribution >= 0.6 is 22.6 Å². The molecular weight excluding hydrogens is 658 g/mol. The van der Waals surface area contributed by atoms with Gasteiger partial charge in [-0.25, -0.2) is 4.39 Å². The van der Waals surface area contributed by atoms with Gasteiger partial charge in [0.2, 0.25) is 11.8 Å². The van der Waals surface area contributed by atoms with Crippen LogP contribution in [0.1, 0.15) is 43.2 Å². The van der Waals surface area contributed by atoms with Crippen molar-refractivity contribution in [1.29, 1.82) is 0 Å². The summed E-state index contributed by atoms with van der Waals surface area (Å²) in [7, 11) is 1.46. The zero-order chi connectivity index (χ0) is 30.6. The number of hydrogen-bond donors (Lipinski definition) is 4. The Labute approximate surface area is 259 Å². The van der Waals surface area contributed by atoms with E-state index in [2.05, 4.69) is 11.9 Å². The number of hydrogen-bond acceptors (Lipinski definition) is 7. The van der Waals surface area contributed by atoms with Gasteiger partial charge in [-0.1, -0.05) is 18.2 Å². The molecule has 0 aliphatic heterocycles. The summed E-state index contributed by atoms with van der Waals surface area (Å²) in [5, 5.41) is 33.2. The maximum absolute atomic E-state index is 13.6. The minimum absolute atomic E-state index is 0.0325. The van der Waals surface area contributed by atoms with Gasteiger partial charge in [-0.2, -0.15) is 0 Å². The molecule has 0 spiro atoms. The lowest BCUT2D eigenvalue weighted by atomic mass is 9.87. The predicted octanol–water partition coefficient (Wildman–Crippen LogP) is 3.62. The first-order valence-corrected chi connectivity index (χ1v) is 14.9. The van der Waals surface area contributed by atoms with E-state index in [4.69, 9.17) is 9.47 Å². The lowest BCUT2D eigenvalue weighted by molar-refractivity contribution is -0.139. The molecule has 2 aromatic carbocycles. The van der Waals surface area contributed by atoms with Gasteiger partial charge >= 0.3 is 0 Å². The van der Waals surface area contributed by atoms with E-state index < -0.39 is 30.0 Å². The first-order chi connectivity index (χ1) is 20.2. The van der Waals surface area contributed by atoms with Crippen LogP contribution in [0, 0.1) is 9.39 Å². The van der Waals surface area contributed by atoms with Crippen LogP contribution in [0.4, 0.5) is 4.39 Å². The Kier molecular flexibility index (Phi) is 13.2. The van der Waals surface area contributed by atoms with Crippen LogP contribution in [0.15, 0.2) is 60.7 Å². The van der Waals surface area contributed by atoms with Crippen molar-refractivity contribution in [3.8, 4) is 11.5 Å². The van der Waals surface area contributed by atoms with Gasteiger partial charge in [0.25, 0.3) is 0 Å². The Balaban J connectivity index is 2.01. The standard InChI is InChI=1S/C31H38FIN2O7/c1-3-4-5-6-7-28(38)35(18-20-8-10-23(32)11-9-20)25-16-22(31(40)34-12-13-36)17-26(29(25)39)42-30-24(33)14-21(19-37)15-27(30)41-2/h3,8-11,14-15,17,25-26,29,36-37,39H,1,4-7,12-13,16,18-19H2,2H3,(H,34,40). The minimum Gasteiger partial charge on any atom is -0.493 e. The van der Waals surface area contributed by atoms with Crippen molar-refractivity contribution >= 4 is 34.4 Å². The fraction of sp³-hybridized carbons (Fsp3) is 0.419. The summed E-state index contributed by atoms with van der Waals surface area (Å²) in [4.78, 5) is 28.2. The molecule has 0 aromatic heterocycles. The van der Waals surface area contributed by atoms with Crippen LogP contribution < -0.4 is 14.8 Å². The average molecular weight is 697 g/mol. The average Bonchev–Trinajstić information content (AvgIpc) is 2.99. The Hall–Kier alpha value is -3.00. The predicted molar refractivity (Wildman–Crippen MR) is 164 cm³/mol. The Morgan fingerprint density at radius 1 is 1.19 bits per heavy atom. The zero-order valence-corrected chi connectivity index (χ0v) is 25.8. The van der Waals surface area contributed by atoms with E-state index >= 15 is 0 Å². The Morgan fingerprint density at radius 2 is 1.93 bits per heavy atom. The molecule has 11 heteroatoms. The third-order valence-corrected chi connectivity index (χ3v) is 7.78. The summed E-state index contributed by atoms with van der Waals surface area (Å²) in [5.41, 5.74) is 1.56. The van der Waals surface area contributed by atoms with Crippen molar-refractivity contribution in [2.45, 2.75) is 63.5 Å². The monoisotopic (exact) mass is 696 g/mol. The maximum atomic E-state index is 13.6. The smallest absolute Gasteiger partial charge is 0.247 e. The van der Waals surface area contributed by atoms with Gasteiger partial charge in [0.1, 0.15) is 18.0 Å². The van der Waals surface area contributed by atoms with E-state index in [9.17, 15) is 29.3 Å². The molecule has 3 rings (SSSR count). The van der Waals surface area contributed by atoms with E-state index in [1.807, 2.05) is 22.6 Å². The number of unbranched alkanes of at least 4 members (excludes halogenated alkanes) is 2. The quantitative estimate of drug-likeness (QED) is 0.127. The van der Waals surface area contributed by atoms with Gasteiger partial charge in [0.15, 0.2) is 11.5 Å². The van der Waals surface area contributed by atoms with Crippen LogP contribution in [0.5, 0.6) is 11.5 Å².